The number of hydrogen-bond donors (Lipinski definition) is 1. The lowest BCUT2D eigenvalue weighted by Crippen LogP contribution is -2.52. The molecule has 1 N–H and O–H groups in total. The molecule has 2 aliphatic rings. The molecule has 2 aromatic heterocycles. The van der Waals surface area contributed by atoms with Crippen LogP contribution >= 0.6 is 11.3 Å². The largest absolute Gasteiger partial charge is 0.312 e. The lowest BCUT2D eigenvalue weighted by molar-refractivity contribution is -0.120. The minimum absolute atomic E-state index is 0.0708. The molecular formula is C21H28N4OS. The summed E-state index contributed by atoms with van der Waals surface area (Å²) in [6, 6.07) is 6.77. The Hall–Kier alpha value is -1.76. The van der Waals surface area contributed by atoms with E-state index in [-0.39, 0.29) is 11.3 Å². The van der Waals surface area contributed by atoms with E-state index in [2.05, 4.69) is 56.1 Å². The zero-order chi connectivity index (χ0) is 19.2. The van der Waals surface area contributed by atoms with Gasteiger partial charge in [0.25, 0.3) is 0 Å². The van der Waals surface area contributed by atoms with Crippen molar-refractivity contribution >= 4 is 22.9 Å². The van der Waals surface area contributed by atoms with Crippen molar-refractivity contribution in [2.45, 2.75) is 39.2 Å². The number of hydrogen-bond acceptors (Lipinski definition) is 5. The van der Waals surface area contributed by atoms with Crippen LogP contribution in [0.1, 0.15) is 31.2 Å². The standard InChI is InChI=1S/C21H28N4OS/c1-14-11-24(8-7-22-14)12-20(26)25-13-21(3,4)16-10-23-17(9-18(16)25)19-6-5-15(2)27-19/h5-6,9-10,14,22H,7-8,11-13H2,1-4H3. The smallest absolute Gasteiger partial charge is 0.241 e. The average molecular weight is 385 g/mol. The Morgan fingerprint density at radius 1 is 1.41 bits per heavy atom. The van der Waals surface area contributed by atoms with Gasteiger partial charge in [0.2, 0.25) is 5.91 Å². The molecule has 6 heteroatoms. The number of carbonyl (C=O) groups is 1. The van der Waals surface area contributed by atoms with Gasteiger partial charge in [-0.2, -0.15) is 0 Å². The Morgan fingerprint density at radius 2 is 2.22 bits per heavy atom. The van der Waals surface area contributed by atoms with Gasteiger partial charge >= 0.3 is 0 Å². The van der Waals surface area contributed by atoms with Crippen LogP contribution in [0.5, 0.6) is 0 Å². The van der Waals surface area contributed by atoms with Gasteiger partial charge in [-0.05, 0) is 32.0 Å². The lowest BCUT2D eigenvalue weighted by Gasteiger charge is -2.32. The molecule has 0 aromatic carbocycles. The zero-order valence-electron chi connectivity index (χ0n) is 16.6. The van der Waals surface area contributed by atoms with Crippen molar-refractivity contribution in [1.29, 1.82) is 0 Å². The fourth-order valence-corrected chi connectivity index (χ4v) is 4.95. The molecule has 2 aliphatic heterocycles. The molecule has 5 nitrogen and oxygen atoms in total. The predicted molar refractivity (Wildman–Crippen MR) is 112 cm³/mol. The number of anilines is 1. The first-order valence-electron chi connectivity index (χ1n) is 9.67. The lowest BCUT2D eigenvalue weighted by atomic mass is 9.88. The van der Waals surface area contributed by atoms with Crippen LogP contribution in [0.3, 0.4) is 0 Å². The van der Waals surface area contributed by atoms with Gasteiger partial charge in [-0.15, -0.1) is 11.3 Å². The van der Waals surface area contributed by atoms with Crippen LogP contribution < -0.4 is 10.2 Å². The summed E-state index contributed by atoms with van der Waals surface area (Å²) in [4.78, 5) is 24.5. The van der Waals surface area contributed by atoms with Crippen molar-refractivity contribution in [3.8, 4) is 10.6 Å². The summed E-state index contributed by atoms with van der Waals surface area (Å²) in [5, 5.41) is 3.44. The van der Waals surface area contributed by atoms with Gasteiger partial charge in [0.05, 0.1) is 22.8 Å². The molecular weight excluding hydrogens is 356 g/mol. The molecule has 1 atom stereocenters. The summed E-state index contributed by atoms with van der Waals surface area (Å²) < 4.78 is 0. The highest BCUT2D eigenvalue weighted by molar-refractivity contribution is 7.15. The molecule has 0 spiro atoms. The van der Waals surface area contributed by atoms with E-state index >= 15 is 0 Å². The Labute approximate surface area is 165 Å². The van der Waals surface area contributed by atoms with Gasteiger partial charge < -0.3 is 10.2 Å². The quantitative estimate of drug-likeness (QED) is 0.884. The third kappa shape index (κ3) is 3.66. The number of aromatic nitrogens is 1. The zero-order valence-corrected chi connectivity index (χ0v) is 17.4. The van der Waals surface area contributed by atoms with Gasteiger partial charge in [-0.25, -0.2) is 0 Å². The van der Waals surface area contributed by atoms with Crippen LogP contribution in [0, 0.1) is 6.92 Å². The number of fused-ring (bicyclic) bond motifs is 1. The normalized spacial score (nSPS) is 22.1. The van der Waals surface area contributed by atoms with Crippen molar-refractivity contribution in [2.75, 3.05) is 37.6 Å². The van der Waals surface area contributed by atoms with Gasteiger partial charge in [0.1, 0.15) is 0 Å². The summed E-state index contributed by atoms with van der Waals surface area (Å²) in [5.74, 6) is 0.190. The van der Waals surface area contributed by atoms with E-state index in [1.807, 2.05) is 11.1 Å². The number of rotatable bonds is 3. The minimum Gasteiger partial charge on any atom is -0.312 e. The van der Waals surface area contributed by atoms with Crippen molar-refractivity contribution in [1.82, 2.24) is 15.2 Å². The third-order valence-electron chi connectivity index (χ3n) is 5.56. The molecule has 0 bridgehead atoms. The van der Waals surface area contributed by atoms with Crippen LogP contribution in [0.15, 0.2) is 24.4 Å². The number of nitrogens with one attached hydrogen (secondary N) is 1. The first kappa shape index (κ1) is 18.6. The maximum Gasteiger partial charge on any atom is 0.241 e. The molecule has 0 radical (unpaired) electrons. The summed E-state index contributed by atoms with van der Waals surface area (Å²) in [6.45, 7) is 12.7. The molecule has 1 unspecified atom stereocenters. The summed E-state index contributed by atoms with van der Waals surface area (Å²) >= 11 is 1.74. The van der Waals surface area contributed by atoms with E-state index in [0.717, 1.165) is 42.4 Å². The van der Waals surface area contributed by atoms with Gasteiger partial charge in [0.15, 0.2) is 0 Å². The molecule has 4 rings (SSSR count). The van der Waals surface area contributed by atoms with E-state index in [9.17, 15) is 4.79 Å². The monoisotopic (exact) mass is 384 g/mol. The van der Waals surface area contributed by atoms with E-state index in [1.54, 1.807) is 11.3 Å². The maximum absolute atomic E-state index is 13.2. The number of thiophene rings is 1. The van der Waals surface area contributed by atoms with Crippen LogP contribution in [0.2, 0.25) is 0 Å². The van der Waals surface area contributed by atoms with Crippen LogP contribution in [0.4, 0.5) is 5.69 Å². The summed E-state index contributed by atoms with van der Waals surface area (Å²) in [5.41, 5.74) is 3.09. The number of carbonyl (C=O) groups excluding carboxylic acids is 1. The first-order chi connectivity index (χ1) is 12.8. The number of pyridine rings is 1. The van der Waals surface area contributed by atoms with Gasteiger partial charge in [-0.1, -0.05) is 13.8 Å². The Morgan fingerprint density at radius 3 is 2.93 bits per heavy atom. The molecule has 0 saturated carbocycles. The van der Waals surface area contributed by atoms with Crippen LogP contribution in [-0.4, -0.2) is 54.6 Å². The highest BCUT2D eigenvalue weighted by Crippen LogP contribution is 2.42. The molecule has 1 fully saturated rings. The second kappa shape index (κ2) is 7.00. The van der Waals surface area contributed by atoms with Gasteiger partial charge in [0, 0.05) is 54.3 Å². The van der Waals surface area contributed by atoms with E-state index in [4.69, 9.17) is 4.98 Å². The van der Waals surface area contributed by atoms with Gasteiger partial charge in [-0.3, -0.25) is 14.7 Å². The van der Waals surface area contributed by atoms with Crippen molar-refractivity contribution in [3.63, 3.8) is 0 Å². The number of amides is 1. The highest BCUT2D eigenvalue weighted by atomic mass is 32.1. The Bertz CT molecular complexity index is 860. The van der Waals surface area contributed by atoms with Crippen LogP contribution in [0.25, 0.3) is 10.6 Å². The van der Waals surface area contributed by atoms with Crippen molar-refractivity contribution < 1.29 is 4.79 Å². The number of nitrogens with zero attached hydrogens (tertiary/aromatic N) is 3. The average Bonchev–Trinajstić information content (AvgIpc) is 3.16. The van der Waals surface area contributed by atoms with E-state index < -0.39 is 0 Å². The molecule has 2 aromatic rings. The minimum atomic E-state index is -0.0708. The fraction of sp³-hybridized carbons (Fsp3) is 0.524. The molecule has 0 aliphatic carbocycles. The first-order valence-corrected chi connectivity index (χ1v) is 10.5. The maximum atomic E-state index is 13.2. The molecule has 1 amide bonds. The van der Waals surface area contributed by atoms with Crippen molar-refractivity contribution in [2.24, 2.45) is 0 Å². The predicted octanol–water partition coefficient (Wildman–Crippen LogP) is 3.04. The van der Waals surface area contributed by atoms with E-state index in [1.165, 1.54) is 10.4 Å². The molecule has 27 heavy (non-hydrogen) atoms. The number of piperazine rings is 1. The van der Waals surface area contributed by atoms with Crippen LogP contribution in [-0.2, 0) is 10.2 Å². The molecule has 1 saturated heterocycles. The third-order valence-corrected chi connectivity index (χ3v) is 6.58. The van der Waals surface area contributed by atoms with Crippen molar-refractivity contribution in [3.05, 3.63) is 34.8 Å². The second-order valence-corrected chi connectivity index (χ2v) is 9.74. The SMILES string of the molecule is Cc1ccc(-c2cc3c(cn2)C(C)(C)CN3C(=O)CN2CCNC(C)C2)s1. The summed E-state index contributed by atoms with van der Waals surface area (Å²) in [7, 11) is 0. The Kier molecular flexibility index (Phi) is 4.82. The summed E-state index contributed by atoms with van der Waals surface area (Å²) in [6.07, 6.45) is 1.97. The Balaban J connectivity index is 1.61. The van der Waals surface area contributed by atoms with E-state index in [0.29, 0.717) is 12.6 Å². The molecule has 4 heterocycles. The highest BCUT2D eigenvalue weighted by Gasteiger charge is 2.39. The fourth-order valence-electron chi connectivity index (χ4n) is 4.12. The number of aryl methyl sites for hydroxylation is 1. The topological polar surface area (TPSA) is 48.5 Å². The molecule has 144 valence electrons. The second-order valence-electron chi connectivity index (χ2n) is 8.45.